The number of nitrogens with one attached hydrogen (secondary N) is 1. The van der Waals surface area contributed by atoms with E-state index in [4.69, 9.17) is 4.74 Å². The van der Waals surface area contributed by atoms with E-state index in [1.54, 1.807) is 0 Å². The fraction of sp³-hybridized carbons (Fsp3) is 0.600. The lowest BCUT2D eigenvalue weighted by Crippen LogP contribution is -2.43. The highest BCUT2D eigenvalue weighted by Crippen LogP contribution is 2.20. The van der Waals surface area contributed by atoms with Crippen molar-refractivity contribution in [3.8, 4) is 5.75 Å². The zero-order chi connectivity index (χ0) is 13.0. The van der Waals surface area contributed by atoms with Crippen LogP contribution in [-0.2, 0) is 0 Å². The van der Waals surface area contributed by atoms with Gasteiger partial charge in [0.05, 0.1) is 6.61 Å². The first-order chi connectivity index (χ1) is 8.65. The molecule has 100 valence electrons. The predicted molar refractivity (Wildman–Crippen MR) is 75.0 cm³/mol. The molecule has 2 rings (SSSR count). The quantitative estimate of drug-likeness (QED) is 0.885. The van der Waals surface area contributed by atoms with Gasteiger partial charge in [0.1, 0.15) is 5.75 Å². The number of likely N-dealkylation sites (N-methyl/N-ethyl adjacent to an activating group) is 1. The number of hydrogen-bond acceptors (Lipinski definition) is 3. The van der Waals surface area contributed by atoms with E-state index in [-0.39, 0.29) is 0 Å². The van der Waals surface area contributed by atoms with Crippen LogP contribution in [0.4, 0.5) is 0 Å². The van der Waals surface area contributed by atoms with Gasteiger partial charge in [-0.1, -0.05) is 26.0 Å². The van der Waals surface area contributed by atoms with Gasteiger partial charge in [-0.25, -0.2) is 0 Å². The molecule has 1 atom stereocenters. The molecule has 18 heavy (non-hydrogen) atoms. The molecule has 0 bridgehead atoms. The van der Waals surface area contributed by atoms with E-state index in [0.717, 1.165) is 32.0 Å². The molecule has 1 aromatic rings. The van der Waals surface area contributed by atoms with E-state index in [9.17, 15) is 0 Å². The van der Waals surface area contributed by atoms with E-state index in [1.807, 2.05) is 0 Å². The third-order valence-electron chi connectivity index (χ3n) is 3.24. The van der Waals surface area contributed by atoms with Gasteiger partial charge in [0, 0.05) is 25.7 Å². The molecule has 3 heteroatoms. The van der Waals surface area contributed by atoms with Gasteiger partial charge >= 0.3 is 0 Å². The van der Waals surface area contributed by atoms with Gasteiger partial charge in [-0.2, -0.15) is 0 Å². The normalized spacial score (nSPS) is 21.2. The molecule has 1 N–H and O–H groups in total. The molecule has 1 aliphatic rings. The fourth-order valence-electron chi connectivity index (χ4n) is 2.18. The molecule has 1 saturated heterocycles. The van der Waals surface area contributed by atoms with Crippen LogP contribution >= 0.6 is 0 Å². The van der Waals surface area contributed by atoms with Crippen molar-refractivity contribution in [2.24, 2.45) is 5.92 Å². The molecule has 1 aliphatic heterocycles. The van der Waals surface area contributed by atoms with Crippen molar-refractivity contribution in [1.82, 2.24) is 10.2 Å². The number of rotatable bonds is 4. The molecule has 3 nitrogen and oxygen atoms in total. The average molecular weight is 248 g/mol. The lowest BCUT2D eigenvalue weighted by atomic mass is 10.0. The average Bonchev–Trinajstić information content (AvgIpc) is 2.37. The Balaban J connectivity index is 1.94. The van der Waals surface area contributed by atoms with Gasteiger partial charge in [-0.3, -0.25) is 0 Å². The summed E-state index contributed by atoms with van der Waals surface area (Å²) >= 11 is 0. The lowest BCUT2D eigenvalue weighted by molar-refractivity contribution is 0.240. The van der Waals surface area contributed by atoms with Crippen molar-refractivity contribution in [3.05, 3.63) is 29.8 Å². The van der Waals surface area contributed by atoms with E-state index in [1.165, 1.54) is 5.56 Å². The van der Waals surface area contributed by atoms with Crippen LogP contribution < -0.4 is 10.1 Å². The summed E-state index contributed by atoms with van der Waals surface area (Å²) in [7, 11) is 2.17. The Kier molecular flexibility index (Phi) is 4.61. The summed E-state index contributed by atoms with van der Waals surface area (Å²) in [6, 6.07) is 8.95. The highest BCUT2D eigenvalue weighted by atomic mass is 16.5. The zero-order valence-corrected chi connectivity index (χ0v) is 11.6. The fourth-order valence-corrected chi connectivity index (χ4v) is 2.18. The first-order valence-corrected chi connectivity index (χ1v) is 6.80. The molecular formula is C15H24N2O. The largest absolute Gasteiger partial charge is 0.493 e. The second kappa shape index (κ2) is 6.21. The highest BCUT2D eigenvalue weighted by Gasteiger charge is 2.17. The minimum atomic E-state index is 0.447. The second-order valence-electron chi connectivity index (χ2n) is 5.54. The maximum absolute atomic E-state index is 5.70. The third-order valence-corrected chi connectivity index (χ3v) is 3.24. The van der Waals surface area contributed by atoms with Crippen molar-refractivity contribution in [2.75, 3.05) is 33.3 Å². The van der Waals surface area contributed by atoms with Crippen molar-refractivity contribution in [3.63, 3.8) is 0 Å². The Morgan fingerprint density at radius 1 is 1.33 bits per heavy atom. The van der Waals surface area contributed by atoms with Crippen molar-refractivity contribution in [2.45, 2.75) is 19.9 Å². The summed E-state index contributed by atoms with van der Waals surface area (Å²) in [4.78, 5) is 2.37. The summed E-state index contributed by atoms with van der Waals surface area (Å²) in [5.41, 5.74) is 1.35. The summed E-state index contributed by atoms with van der Waals surface area (Å²) in [5.74, 6) is 1.54. The van der Waals surface area contributed by atoms with Gasteiger partial charge in [0.15, 0.2) is 0 Å². The van der Waals surface area contributed by atoms with Crippen LogP contribution in [0.2, 0.25) is 0 Å². The molecule has 0 radical (unpaired) electrons. The topological polar surface area (TPSA) is 24.5 Å². The van der Waals surface area contributed by atoms with Crippen molar-refractivity contribution in [1.29, 1.82) is 0 Å². The Labute approximate surface area is 110 Å². The van der Waals surface area contributed by atoms with Gasteiger partial charge in [-0.15, -0.1) is 0 Å². The summed E-state index contributed by atoms with van der Waals surface area (Å²) in [6.07, 6.45) is 0. The van der Waals surface area contributed by atoms with Crippen LogP contribution in [-0.4, -0.2) is 38.2 Å². The predicted octanol–water partition coefficient (Wildman–Crippen LogP) is 2.30. The SMILES string of the molecule is CC(C)COc1ccc(C2CN(C)CCN2)cc1. The minimum absolute atomic E-state index is 0.447. The van der Waals surface area contributed by atoms with Gasteiger partial charge < -0.3 is 15.0 Å². The monoisotopic (exact) mass is 248 g/mol. The Morgan fingerprint density at radius 3 is 2.67 bits per heavy atom. The molecule has 1 fully saturated rings. The number of ether oxygens (including phenoxy) is 1. The van der Waals surface area contributed by atoms with E-state index >= 15 is 0 Å². The number of hydrogen-bond donors (Lipinski definition) is 1. The van der Waals surface area contributed by atoms with Gasteiger partial charge in [-0.05, 0) is 30.7 Å². The van der Waals surface area contributed by atoms with Crippen molar-refractivity contribution >= 4 is 0 Å². The number of benzene rings is 1. The summed E-state index contributed by atoms with van der Waals surface area (Å²) in [5, 5.41) is 3.55. The first-order valence-electron chi connectivity index (χ1n) is 6.80. The molecule has 1 unspecified atom stereocenters. The Bertz CT molecular complexity index is 361. The molecule has 1 aromatic carbocycles. The lowest BCUT2D eigenvalue weighted by Gasteiger charge is -2.31. The smallest absolute Gasteiger partial charge is 0.119 e. The summed E-state index contributed by atoms with van der Waals surface area (Å²) < 4.78 is 5.70. The van der Waals surface area contributed by atoms with Crippen LogP contribution in [0.25, 0.3) is 0 Å². The van der Waals surface area contributed by atoms with E-state index in [2.05, 4.69) is 55.4 Å². The maximum atomic E-state index is 5.70. The standard InChI is InChI=1S/C15H24N2O/c1-12(2)11-18-14-6-4-13(5-7-14)15-10-17(3)9-8-16-15/h4-7,12,15-16H,8-11H2,1-3H3. The molecule has 1 heterocycles. The second-order valence-corrected chi connectivity index (χ2v) is 5.54. The molecule has 0 amide bonds. The molecule has 0 saturated carbocycles. The summed E-state index contributed by atoms with van der Waals surface area (Å²) in [6.45, 7) is 8.38. The molecule has 0 aliphatic carbocycles. The van der Waals surface area contributed by atoms with Gasteiger partial charge in [0.2, 0.25) is 0 Å². The third kappa shape index (κ3) is 3.72. The van der Waals surface area contributed by atoms with E-state index < -0.39 is 0 Å². The molecule has 0 aromatic heterocycles. The Hall–Kier alpha value is -1.06. The van der Waals surface area contributed by atoms with Crippen molar-refractivity contribution < 1.29 is 4.74 Å². The number of nitrogens with zero attached hydrogens (tertiary/aromatic N) is 1. The Morgan fingerprint density at radius 2 is 2.06 bits per heavy atom. The van der Waals surface area contributed by atoms with Crippen LogP contribution in [0, 0.1) is 5.92 Å². The van der Waals surface area contributed by atoms with Crippen LogP contribution in [0.1, 0.15) is 25.5 Å². The first kappa shape index (κ1) is 13.4. The number of piperazine rings is 1. The van der Waals surface area contributed by atoms with Crippen LogP contribution in [0.5, 0.6) is 5.75 Å². The molecule has 0 spiro atoms. The molecular weight excluding hydrogens is 224 g/mol. The van der Waals surface area contributed by atoms with Gasteiger partial charge in [0.25, 0.3) is 0 Å². The zero-order valence-electron chi connectivity index (χ0n) is 11.6. The van der Waals surface area contributed by atoms with Crippen LogP contribution in [0.3, 0.4) is 0 Å². The van der Waals surface area contributed by atoms with E-state index in [0.29, 0.717) is 12.0 Å². The maximum Gasteiger partial charge on any atom is 0.119 e. The highest BCUT2D eigenvalue weighted by molar-refractivity contribution is 5.29. The minimum Gasteiger partial charge on any atom is -0.493 e. The van der Waals surface area contributed by atoms with Crippen LogP contribution in [0.15, 0.2) is 24.3 Å².